The predicted octanol–water partition coefficient (Wildman–Crippen LogP) is 4.01. The van der Waals surface area contributed by atoms with Crippen LogP contribution in [0.1, 0.15) is 19.4 Å². The van der Waals surface area contributed by atoms with Crippen LogP contribution in [-0.2, 0) is 6.42 Å². The molecule has 2 aromatic carbocycles. The van der Waals surface area contributed by atoms with Crippen molar-refractivity contribution in [2.24, 2.45) is 11.8 Å². The fraction of sp³-hybridized carbons (Fsp3) is 0.375. The lowest BCUT2D eigenvalue weighted by Gasteiger charge is -2.19. The molecular weight excluding hydrogens is 260 g/mol. The molecule has 0 amide bonds. The second kappa shape index (κ2) is 5.81. The predicted molar refractivity (Wildman–Crippen MR) is 79.7 cm³/mol. The van der Waals surface area contributed by atoms with Crippen molar-refractivity contribution in [3.8, 4) is 5.75 Å². The Morgan fingerprint density at radius 2 is 1.79 bits per heavy atom. The maximum atomic E-state index is 10.4. The van der Waals surface area contributed by atoms with Crippen LogP contribution in [0.3, 0.4) is 0 Å². The fourth-order valence-electron chi connectivity index (χ4n) is 2.32. The Balaban J connectivity index is 2.47. The molecule has 2 aromatic rings. The molecule has 0 saturated heterocycles. The summed E-state index contributed by atoms with van der Waals surface area (Å²) in [6, 6.07) is 9.35. The molecule has 0 radical (unpaired) electrons. The topological polar surface area (TPSA) is 40.5 Å². The van der Waals surface area contributed by atoms with Gasteiger partial charge in [0.15, 0.2) is 0 Å². The van der Waals surface area contributed by atoms with Gasteiger partial charge in [0.25, 0.3) is 0 Å². The number of benzene rings is 2. The summed E-state index contributed by atoms with van der Waals surface area (Å²) in [6.07, 6.45) is 0.630. The van der Waals surface area contributed by atoms with Crippen LogP contribution in [0.4, 0.5) is 0 Å². The minimum atomic E-state index is 0.113. The number of halogens is 1. The van der Waals surface area contributed by atoms with Crippen LogP contribution in [0, 0.1) is 11.8 Å². The van der Waals surface area contributed by atoms with E-state index in [2.05, 4.69) is 13.8 Å². The molecule has 3 heteroatoms. The van der Waals surface area contributed by atoms with E-state index >= 15 is 0 Å². The average Bonchev–Trinajstić information content (AvgIpc) is 2.41. The van der Waals surface area contributed by atoms with Gasteiger partial charge in [-0.15, -0.1) is 0 Å². The van der Waals surface area contributed by atoms with E-state index in [1.807, 2.05) is 30.3 Å². The lowest BCUT2D eigenvalue weighted by atomic mass is 9.89. The highest BCUT2D eigenvalue weighted by molar-refractivity contribution is 6.35. The van der Waals surface area contributed by atoms with Gasteiger partial charge in [-0.1, -0.05) is 49.7 Å². The minimum absolute atomic E-state index is 0.113. The van der Waals surface area contributed by atoms with E-state index < -0.39 is 0 Å². The first kappa shape index (κ1) is 14.2. The highest BCUT2D eigenvalue weighted by Crippen LogP contribution is 2.36. The largest absolute Gasteiger partial charge is 0.507 e. The van der Waals surface area contributed by atoms with Crippen molar-refractivity contribution in [3.63, 3.8) is 0 Å². The Hall–Kier alpha value is -1.25. The molecule has 0 aromatic heterocycles. The smallest absolute Gasteiger partial charge is 0.126 e. The summed E-state index contributed by atoms with van der Waals surface area (Å²) in [5.74, 6) is 0.761. The van der Waals surface area contributed by atoms with Gasteiger partial charge in [-0.05, 0) is 29.9 Å². The molecule has 0 aliphatic carbocycles. The standard InChI is InChI=1S/C16H19ClO2/c1-10(2)12(9-18)7-11-8-15(17)13-5-3-4-6-14(13)16(11)19/h3-6,8,10,12,18-19H,7,9H2,1-2H3/t12-/m1/s1. The molecule has 0 aliphatic heterocycles. The van der Waals surface area contributed by atoms with Crippen LogP contribution in [0.15, 0.2) is 30.3 Å². The summed E-state index contributed by atoms with van der Waals surface area (Å²) in [4.78, 5) is 0. The number of aromatic hydroxyl groups is 1. The lowest BCUT2D eigenvalue weighted by Crippen LogP contribution is -2.16. The fourth-order valence-corrected chi connectivity index (χ4v) is 2.62. The van der Waals surface area contributed by atoms with Crippen molar-refractivity contribution in [2.75, 3.05) is 6.61 Å². The van der Waals surface area contributed by atoms with E-state index in [-0.39, 0.29) is 18.3 Å². The average molecular weight is 279 g/mol. The van der Waals surface area contributed by atoms with Gasteiger partial charge >= 0.3 is 0 Å². The van der Waals surface area contributed by atoms with E-state index in [9.17, 15) is 10.2 Å². The molecule has 1 atom stereocenters. The molecule has 0 saturated carbocycles. The number of phenols is 1. The van der Waals surface area contributed by atoms with Gasteiger partial charge in [0.05, 0.1) is 0 Å². The van der Waals surface area contributed by atoms with E-state index in [0.717, 1.165) is 16.3 Å². The Bertz CT molecular complexity index is 578. The van der Waals surface area contributed by atoms with Crippen molar-refractivity contribution in [1.29, 1.82) is 0 Å². The minimum Gasteiger partial charge on any atom is -0.507 e. The van der Waals surface area contributed by atoms with Crippen LogP contribution in [0.25, 0.3) is 10.8 Å². The summed E-state index contributed by atoms with van der Waals surface area (Å²) < 4.78 is 0. The van der Waals surface area contributed by atoms with Gasteiger partial charge in [-0.3, -0.25) is 0 Å². The summed E-state index contributed by atoms with van der Waals surface area (Å²) >= 11 is 6.27. The second-order valence-corrected chi connectivity index (χ2v) is 5.71. The third kappa shape index (κ3) is 2.85. The number of hydrogen-bond acceptors (Lipinski definition) is 2. The van der Waals surface area contributed by atoms with Gasteiger partial charge in [-0.2, -0.15) is 0 Å². The summed E-state index contributed by atoms with van der Waals surface area (Å²) in [7, 11) is 0. The zero-order valence-electron chi connectivity index (χ0n) is 11.2. The third-order valence-electron chi connectivity index (χ3n) is 3.70. The Morgan fingerprint density at radius 1 is 1.16 bits per heavy atom. The van der Waals surface area contributed by atoms with Gasteiger partial charge < -0.3 is 10.2 Å². The molecule has 2 N–H and O–H groups in total. The van der Waals surface area contributed by atoms with Crippen LogP contribution in [-0.4, -0.2) is 16.8 Å². The van der Waals surface area contributed by atoms with Crippen LogP contribution in [0.2, 0.25) is 5.02 Å². The van der Waals surface area contributed by atoms with Crippen molar-refractivity contribution >= 4 is 22.4 Å². The molecule has 2 nitrogen and oxygen atoms in total. The molecule has 0 unspecified atom stereocenters. The summed E-state index contributed by atoms with van der Waals surface area (Å²) in [5.41, 5.74) is 0.802. The lowest BCUT2D eigenvalue weighted by molar-refractivity contribution is 0.188. The molecule has 0 heterocycles. The van der Waals surface area contributed by atoms with E-state index in [0.29, 0.717) is 17.4 Å². The van der Waals surface area contributed by atoms with Crippen LogP contribution < -0.4 is 0 Å². The Morgan fingerprint density at radius 3 is 2.37 bits per heavy atom. The van der Waals surface area contributed by atoms with E-state index in [1.165, 1.54) is 0 Å². The van der Waals surface area contributed by atoms with Gasteiger partial charge in [0.1, 0.15) is 5.75 Å². The molecule has 102 valence electrons. The number of aliphatic hydroxyl groups is 1. The van der Waals surface area contributed by atoms with Crippen molar-refractivity contribution in [3.05, 3.63) is 40.9 Å². The first-order chi connectivity index (χ1) is 9.04. The van der Waals surface area contributed by atoms with Crippen molar-refractivity contribution in [1.82, 2.24) is 0 Å². The molecule has 19 heavy (non-hydrogen) atoms. The monoisotopic (exact) mass is 278 g/mol. The molecule has 2 rings (SSSR count). The highest BCUT2D eigenvalue weighted by atomic mass is 35.5. The summed E-state index contributed by atoms with van der Waals surface area (Å²) in [5, 5.41) is 22.0. The summed E-state index contributed by atoms with van der Waals surface area (Å²) in [6.45, 7) is 4.25. The Labute approximate surface area is 118 Å². The highest BCUT2D eigenvalue weighted by Gasteiger charge is 2.17. The zero-order valence-corrected chi connectivity index (χ0v) is 12.0. The normalized spacial score (nSPS) is 13.1. The van der Waals surface area contributed by atoms with E-state index in [4.69, 9.17) is 11.6 Å². The van der Waals surface area contributed by atoms with Gasteiger partial charge in [0, 0.05) is 22.4 Å². The number of aliphatic hydroxyl groups excluding tert-OH is 1. The molecule has 0 spiro atoms. The molecular formula is C16H19ClO2. The molecule has 0 bridgehead atoms. The van der Waals surface area contributed by atoms with Crippen molar-refractivity contribution < 1.29 is 10.2 Å². The first-order valence-corrected chi connectivity index (χ1v) is 6.92. The van der Waals surface area contributed by atoms with E-state index in [1.54, 1.807) is 0 Å². The number of hydrogen-bond donors (Lipinski definition) is 2. The first-order valence-electron chi connectivity index (χ1n) is 6.54. The number of rotatable bonds is 4. The molecule has 0 aliphatic rings. The second-order valence-electron chi connectivity index (χ2n) is 5.30. The van der Waals surface area contributed by atoms with Crippen molar-refractivity contribution in [2.45, 2.75) is 20.3 Å². The van der Waals surface area contributed by atoms with Gasteiger partial charge in [-0.25, -0.2) is 0 Å². The van der Waals surface area contributed by atoms with Crippen LogP contribution >= 0.6 is 11.6 Å². The number of phenolic OH excluding ortho intramolecular Hbond substituents is 1. The third-order valence-corrected chi connectivity index (χ3v) is 4.02. The maximum Gasteiger partial charge on any atom is 0.126 e. The molecule has 0 fully saturated rings. The SMILES string of the molecule is CC(C)[C@@H](CO)Cc1cc(Cl)c2ccccc2c1O. The zero-order chi connectivity index (χ0) is 14.0. The quantitative estimate of drug-likeness (QED) is 0.887. The number of fused-ring (bicyclic) bond motifs is 1. The maximum absolute atomic E-state index is 10.4. The van der Waals surface area contributed by atoms with Crippen LogP contribution in [0.5, 0.6) is 5.75 Å². The Kier molecular flexibility index (Phi) is 4.33. The van der Waals surface area contributed by atoms with Gasteiger partial charge in [0.2, 0.25) is 0 Å².